The number of thioether (sulfide) groups is 1. The van der Waals surface area contributed by atoms with E-state index in [1.165, 1.54) is 18.7 Å². The smallest absolute Gasteiger partial charge is 0.265 e. The predicted octanol–water partition coefficient (Wildman–Crippen LogP) is 0.0404. The van der Waals surface area contributed by atoms with Crippen molar-refractivity contribution < 1.29 is 25.0 Å². The van der Waals surface area contributed by atoms with Gasteiger partial charge in [-0.1, -0.05) is 47.5 Å². The first-order valence-electron chi connectivity index (χ1n) is 7.40. The third-order valence-electron chi connectivity index (χ3n) is 3.47. The molecule has 2 unspecified atom stereocenters. The van der Waals surface area contributed by atoms with E-state index in [0.717, 1.165) is 5.56 Å². The lowest BCUT2D eigenvalue weighted by molar-refractivity contribution is -1.21. The molecule has 1 fully saturated rings. The highest BCUT2D eigenvalue weighted by Gasteiger charge is 2.27. The number of quaternary nitrogens is 1. The van der Waals surface area contributed by atoms with E-state index in [1.807, 2.05) is 6.07 Å². The number of amides is 1. The molecular formula is C15H19N3O5S. The molecule has 1 heterocycles. The topological polar surface area (TPSA) is 115 Å². The SMILES string of the molecule is CC(=N[C@@H](CO[NH+]([O-])O)c1ccccc1)C(=O)NC1CCSC1=O. The second-order valence-electron chi connectivity index (χ2n) is 5.20. The van der Waals surface area contributed by atoms with Gasteiger partial charge in [0.2, 0.25) is 5.12 Å². The third-order valence-corrected chi connectivity index (χ3v) is 4.48. The maximum Gasteiger partial charge on any atom is 0.265 e. The van der Waals surface area contributed by atoms with Gasteiger partial charge in [-0.15, -0.1) is 0 Å². The molecule has 1 aromatic rings. The van der Waals surface area contributed by atoms with Crippen LogP contribution in [0.15, 0.2) is 35.3 Å². The minimum atomic E-state index is -1.40. The Morgan fingerprint density at radius 3 is 2.83 bits per heavy atom. The Hall–Kier alpha value is -1.78. The lowest BCUT2D eigenvalue weighted by atomic mass is 10.1. The quantitative estimate of drug-likeness (QED) is 0.471. The zero-order chi connectivity index (χ0) is 17.5. The van der Waals surface area contributed by atoms with Crippen LogP contribution < -0.4 is 10.7 Å². The molecule has 0 bridgehead atoms. The molecule has 2 rings (SSSR count). The standard InChI is InChI=1S/C15H19N3O5S/c1-10(14(19)17-12-7-8-24-15(12)20)16-13(9-23-18(21)22)11-5-3-2-4-6-11/h2-6,12-13,18,21H,7-9H2,1H3,(H,17,19)/t12?,13-/m0/s1. The summed E-state index contributed by atoms with van der Waals surface area (Å²) in [7, 11) is 0. The van der Waals surface area contributed by atoms with Crippen molar-refractivity contribution in [3.8, 4) is 0 Å². The summed E-state index contributed by atoms with van der Waals surface area (Å²) in [6.45, 7) is 1.33. The fourth-order valence-electron chi connectivity index (χ4n) is 2.22. The van der Waals surface area contributed by atoms with E-state index in [9.17, 15) is 14.8 Å². The van der Waals surface area contributed by atoms with Crippen LogP contribution in [-0.4, -0.2) is 40.3 Å². The third kappa shape index (κ3) is 5.39. The summed E-state index contributed by atoms with van der Waals surface area (Å²) in [5, 5.41) is 20.5. The number of rotatable bonds is 7. The van der Waals surface area contributed by atoms with Crippen molar-refractivity contribution in [2.75, 3.05) is 12.4 Å². The first-order valence-corrected chi connectivity index (χ1v) is 8.38. The Balaban J connectivity index is 2.08. The largest absolute Gasteiger partial charge is 0.566 e. The molecule has 0 spiro atoms. The molecule has 1 aliphatic rings. The van der Waals surface area contributed by atoms with E-state index in [2.05, 4.69) is 15.1 Å². The average molecular weight is 353 g/mol. The molecule has 9 heteroatoms. The lowest BCUT2D eigenvalue weighted by Crippen LogP contribution is -3.03. The Bertz CT molecular complexity index is 608. The van der Waals surface area contributed by atoms with Crippen LogP contribution >= 0.6 is 11.8 Å². The Kier molecular flexibility index (Phi) is 6.88. The van der Waals surface area contributed by atoms with Gasteiger partial charge in [0.05, 0.1) is 11.8 Å². The second-order valence-corrected chi connectivity index (χ2v) is 6.30. The molecule has 0 aromatic heterocycles. The summed E-state index contributed by atoms with van der Waals surface area (Å²) in [5.41, 5.74) is 0.904. The summed E-state index contributed by atoms with van der Waals surface area (Å²) in [6.07, 6.45) is 0.604. The first kappa shape index (κ1) is 18.6. The molecule has 24 heavy (non-hydrogen) atoms. The molecule has 0 saturated carbocycles. The van der Waals surface area contributed by atoms with Crippen molar-refractivity contribution in [1.82, 2.24) is 5.32 Å². The van der Waals surface area contributed by atoms with Gasteiger partial charge < -0.3 is 10.5 Å². The van der Waals surface area contributed by atoms with Gasteiger partial charge in [0.1, 0.15) is 12.6 Å². The number of aliphatic imine (C=N–C) groups is 1. The van der Waals surface area contributed by atoms with Crippen LogP contribution in [0.5, 0.6) is 0 Å². The summed E-state index contributed by atoms with van der Waals surface area (Å²) in [6, 6.07) is 7.86. The van der Waals surface area contributed by atoms with Crippen molar-refractivity contribution in [1.29, 1.82) is 0 Å². The number of carbonyl (C=O) groups is 2. The maximum absolute atomic E-state index is 12.2. The number of nitrogens with zero attached hydrogens (tertiary/aromatic N) is 1. The molecule has 0 aliphatic carbocycles. The molecule has 1 aromatic carbocycles. The van der Waals surface area contributed by atoms with Crippen LogP contribution in [0.3, 0.4) is 0 Å². The van der Waals surface area contributed by atoms with Gasteiger partial charge in [0, 0.05) is 5.75 Å². The molecule has 3 N–H and O–H groups in total. The molecule has 3 atom stereocenters. The van der Waals surface area contributed by atoms with Gasteiger partial charge >= 0.3 is 0 Å². The minimum absolute atomic E-state index is 0.0510. The molecular weight excluding hydrogens is 334 g/mol. The van der Waals surface area contributed by atoms with Crippen LogP contribution in [0, 0.1) is 5.21 Å². The fraction of sp³-hybridized carbons (Fsp3) is 0.400. The molecule has 8 nitrogen and oxygen atoms in total. The number of nitrogens with one attached hydrogen (secondary N) is 2. The fourth-order valence-corrected chi connectivity index (χ4v) is 3.15. The normalized spacial score (nSPS) is 20.7. The number of hydrogen-bond acceptors (Lipinski definition) is 7. The Morgan fingerprint density at radius 2 is 2.25 bits per heavy atom. The molecule has 1 aliphatic heterocycles. The summed E-state index contributed by atoms with van der Waals surface area (Å²) in [5.74, 6) is 0.256. The predicted molar refractivity (Wildman–Crippen MR) is 88.4 cm³/mol. The zero-order valence-electron chi connectivity index (χ0n) is 13.1. The minimum Gasteiger partial charge on any atom is -0.566 e. The molecule has 1 amide bonds. The first-order chi connectivity index (χ1) is 11.5. The second kappa shape index (κ2) is 8.90. The Labute approximate surface area is 143 Å². The van der Waals surface area contributed by atoms with Gasteiger partial charge in [-0.25, -0.2) is 0 Å². The lowest BCUT2D eigenvalue weighted by Gasteiger charge is -2.17. The van der Waals surface area contributed by atoms with Crippen molar-refractivity contribution in [3.63, 3.8) is 0 Å². The van der Waals surface area contributed by atoms with Crippen molar-refractivity contribution in [3.05, 3.63) is 41.1 Å². The summed E-state index contributed by atoms with van der Waals surface area (Å²) < 4.78 is 0. The zero-order valence-corrected chi connectivity index (χ0v) is 13.9. The van der Waals surface area contributed by atoms with E-state index in [4.69, 9.17) is 5.21 Å². The van der Waals surface area contributed by atoms with Crippen LogP contribution in [-0.2, 0) is 14.4 Å². The van der Waals surface area contributed by atoms with Crippen LogP contribution in [0.1, 0.15) is 24.9 Å². The molecule has 0 radical (unpaired) electrons. The van der Waals surface area contributed by atoms with Crippen LogP contribution in [0.25, 0.3) is 0 Å². The van der Waals surface area contributed by atoms with E-state index in [0.29, 0.717) is 12.2 Å². The van der Waals surface area contributed by atoms with Crippen molar-refractivity contribution in [2.45, 2.75) is 25.4 Å². The van der Waals surface area contributed by atoms with E-state index in [-0.39, 0.29) is 17.4 Å². The number of carbonyl (C=O) groups excluding carboxylic acids is 2. The Morgan fingerprint density at radius 1 is 1.54 bits per heavy atom. The summed E-state index contributed by atoms with van der Waals surface area (Å²) >= 11 is 1.20. The molecule has 130 valence electrons. The van der Waals surface area contributed by atoms with E-state index >= 15 is 0 Å². The van der Waals surface area contributed by atoms with Crippen molar-refractivity contribution >= 4 is 28.5 Å². The number of hydrogen-bond donors (Lipinski definition) is 3. The van der Waals surface area contributed by atoms with Gasteiger partial charge in [-0.05, 0) is 18.9 Å². The van der Waals surface area contributed by atoms with E-state index < -0.39 is 23.4 Å². The highest BCUT2D eigenvalue weighted by molar-refractivity contribution is 8.14. The average Bonchev–Trinajstić information content (AvgIpc) is 2.96. The van der Waals surface area contributed by atoms with Gasteiger partial charge in [-0.3, -0.25) is 14.6 Å². The van der Waals surface area contributed by atoms with Gasteiger partial charge in [0.15, 0.2) is 0 Å². The van der Waals surface area contributed by atoms with Gasteiger partial charge in [-0.2, -0.15) is 10.0 Å². The number of benzene rings is 1. The van der Waals surface area contributed by atoms with Crippen LogP contribution in [0.2, 0.25) is 0 Å². The van der Waals surface area contributed by atoms with E-state index in [1.54, 1.807) is 24.3 Å². The maximum atomic E-state index is 12.2. The highest BCUT2D eigenvalue weighted by atomic mass is 32.2. The summed E-state index contributed by atoms with van der Waals surface area (Å²) in [4.78, 5) is 32.7. The highest BCUT2D eigenvalue weighted by Crippen LogP contribution is 2.20. The van der Waals surface area contributed by atoms with Crippen molar-refractivity contribution in [2.24, 2.45) is 4.99 Å². The monoisotopic (exact) mass is 353 g/mol. The molecule has 1 saturated heterocycles. The van der Waals surface area contributed by atoms with Gasteiger partial charge in [0.25, 0.3) is 5.91 Å². The van der Waals surface area contributed by atoms with Crippen LogP contribution in [0.4, 0.5) is 0 Å².